The first-order valence-electron chi connectivity index (χ1n) is 9.66. The summed E-state index contributed by atoms with van der Waals surface area (Å²) in [5.41, 5.74) is 1.18. The summed E-state index contributed by atoms with van der Waals surface area (Å²) in [5, 5.41) is 2.28. The van der Waals surface area contributed by atoms with Crippen LogP contribution in [0.1, 0.15) is 22.0 Å². The lowest BCUT2D eigenvalue weighted by molar-refractivity contribution is -0.144. The Morgan fingerprint density at radius 3 is 2.10 bits per heavy atom. The zero-order valence-electron chi connectivity index (χ0n) is 16.2. The highest BCUT2D eigenvalue weighted by Gasteiger charge is 2.26. The largest absolute Gasteiger partial charge is 0.448 e. The Balaban J connectivity index is 1.48. The van der Waals surface area contributed by atoms with Crippen molar-refractivity contribution in [3.05, 3.63) is 114 Å². The predicted molar refractivity (Wildman–Crippen MR) is 121 cm³/mol. The van der Waals surface area contributed by atoms with Crippen molar-refractivity contribution in [2.75, 3.05) is 5.75 Å². The molecule has 0 aliphatic heterocycles. The third kappa shape index (κ3) is 4.78. The number of esters is 1. The maximum atomic E-state index is 13.0. The molecule has 0 heterocycles. The van der Waals surface area contributed by atoms with Crippen LogP contribution in [0.4, 0.5) is 0 Å². The van der Waals surface area contributed by atoms with Crippen LogP contribution in [0.5, 0.6) is 0 Å². The van der Waals surface area contributed by atoms with Crippen molar-refractivity contribution in [2.24, 2.45) is 0 Å². The van der Waals surface area contributed by atoms with E-state index in [1.165, 1.54) is 11.8 Å². The monoisotopic (exact) mass is 412 g/mol. The van der Waals surface area contributed by atoms with Crippen LogP contribution < -0.4 is 0 Å². The molecule has 4 aromatic rings. The van der Waals surface area contributed by atoms with Gasteiger partial charge in [0.1, 0.15) is 0 Å². The minimum atomic E-state index is -0.960. The van der Waals surface area contributed by atoms with Gasteiger partial charge in [0, 0.05) is 16.0 Å². The van der Waals surface area contributed by atoms with E-state index in [9.17, 15) is 9.59 Å². The lowest BCUT2D eigenvalue weighted by atomic mass is 10.00. The van der Waals surface area contributed by atoms with Crippen molar-refractivity contribution in [3.63, 3.8) is 0 Å². The molecule has 148 valence electrons. The maximum absolute atomic E-state index is 13.0. The third-order valence-corrected chi connectivity index (χ3v) is 5.69. The highest BCUT2D eigenvalue weighted by molar-refractivity contribution is 8.00. The number of carbonyl (C=O) groups is 2. The Kier molecular flexibility index (Phi) is 6.26. The van der Waals surface area contributed by atoms with Crippen LogP contribution in [0, 0.1) is 0 Å². The molecule has 0 aliphatic rings. The number of rotatable bonds is 7. The van der Waals surface area contributed by atoms with Crippen LogP contribution in [0.25, 0.3) is 10.8 Å². The van der Waals surface area contributed by atoms with E-state index >= 15 is 0 Å². The zero-order valence-corrected chi connectivity index (χ0v) is 17.0. The van der Waals surface area contributed by atoms with Crippen molar-refractivity contribution in [2.45, 2.75) is 11.0 Å². The van der Waals surface area contributed by atoms with Gasteiger partial charge in [0.05, 0.1) is 5.75 Å². The molecule has 0 saturated carbocycles. The van der Waals surface area contributed by atoms with E-state index in [0.717, 1.165) is 15.7 Å². The van der Waals surface area contributed by atoms with Gasteiger partial charge in [-0.25, -0.2) is 0 Å². The van der Waals surface area contributed by atoms with Gasteiger partial charge in [-0.3, -0.25) is 9.59 Å². The van der Waals surface area contributed by atoms with Crippen molar-refractivity contribution in [3.8, 4) is 0 Å². The van der Waals surface area contributed by atoms with E-state index < -0.39 is 12.1 Å². The molecule has 0 saturated heterocycles. The van der Waals surface area contributed by atoms with Gasteiger partial charge in [0.15, 0.2) is 6.10 Å². The van der Waals surface area contributed by atoms with Gasteiger partial charge >= 0.3 is 5.97 Å². The fourth-order valence-corrected chi connectivity index (χ4v) is 3.95. The molecule has 0 radical (unpaired) electrons. The summed E-state index contributed by atoms with van der Waals surface area (Å²) >= 11 is 1.40. The number of benzene rings is 4. The van der Waals surface area contributed by atoms with Gasteiger partial charge in [-0.05, 0) is 22.9 Å². The molecule has 0 unspecified atom stereocenters. The average molecular weight is 413 g/mol. The molecule has 30 heavy (non-hydrogen) atoms. The van der Waals surface area contributed by atoms with Gasteiger partial charge in [-0.2, -0.15) is 0 Å². The molecule has 4 heteroatoms. The summed E-state index contributed by atoms with van der Waals surface area (Å²) in [6.07, 6.45) is -0.960. The van der Waals surface area contributed by atoms with Gasteiger partial charge in [0.25, 0.3) is 0 Å². The smallest absolute Gasteiger partial charge is 0.317 e. The lowest BCUT2D eigenvalue weighted by Gasteiger charge is -2.17. The Morgan fingerprint density at radius 1 is 0.733 bits per heavy atom. The Bertz CT molecular complexity index is 1160. The topological polar surface area (TPSA) is 43.4 Å². The second-order valence-electron chi connectivity index (χ2n) is 6.81. The standard InChI is InChI=1S/C26H20O3S/c27-24(18-30-23-16-15-19-9-7-8-14-22(19)17-23)29-26(21-12-5-2-6-13-21)25(28)20-10-3-1-4-11-20/h1-17,26H,18H2/t26-/m0/s1. The number of fused-ring (bicyclic) bond motifs is 1. The molecule has 3 nitrogen and oxygen atoms in total. The number of thioether (sulfide) groups is 1. The number of ketones is 1. The molecular weight excluding hydrogens is 392 g/mol. The minimum Gasteiger partial charge on any atom is -0.448 e. The second-order valence-corrected chi connectivity index (χ2v) is 7.86. The molecule has 0 bridgehead atoms. The quantitative estimate of drug-likeness (QED) is 0.209. The number of hydrogen-bond donors (Lipinski definition) is 0. The number of Topliss-reactive ketones (excluding diaryl/α,β-unsaturated/α-hetero) is 1. The maximum Gasteiger partial charge on any atom is 0.317 e. The SMILES string of the molecule is O=C(CSc1ccc2ccccc2c1)O[C@H](C(=O)c1ccccc1)c1ccccc1. The van der Waals surface area contributed by atoms with E-state index in [1.807, 2.05) is 54.6 Å². The van der Waals surface area contributed by atoms with E-state index in [-0.39, 0.29) is 11.5 Å². The molecule has 0 spiro atoms. The normalized spacial score (nSPS) is 11.7. The Morgan fingerprint density at radius 2 is 1.37 bits per heavy atom. The van der Waals surface area contributed by atoms with Crippen molar-refractivity contribution >= 4 is 34.3 Å². The van der Waals surface area contributed by atoms with Crippen LogP contribution in [-0.4, -0.2) is 17.5 Å². The first-order valence-corrected chi connectivity index (χ1v) is 10.6. The summed E-state index contributed by atoms with van der Waals surface area (Å²) in [6.45, 7) is 0. The van der Waals surface area contributed by atoms with Gasteiger partial charge in [0.2, 0.25) is 5.78 Å². The van der Waals surface area contributed by atoms with Gasteiger partial charge < -0.3 is 4.74 Å². The average Bonchev–Trinajstić information content (AvgIpc) is 2.82. The fraction of sp³-hybridized carbons (Fsp3) is 0.0769. The van der Waals surface area contributed by atoms with Crippen LogP contribution in [0.3, 0.4) is 0 Å². The molecule has 0 aliphatic carbocycles. The van der Waals surface area contributed by atoms with E-state index in [1.54, 1.807) is 36.4 Å². The van der Waals surface area contributed by atoms with Crippen LogP contribution in [-0.2, 0) is 9.53 Å². The van der Waals surface area contributed by atoms with Crippen molar-refractivity contribution < 1.29 is 14.3 Å². The second kappa shape index (κ2) is 9.42. The Hall–Kier alpha value is -3.37. The van der Waals surface area contributed by atoms with E-state index in [2.05, 4.69) is 12.1 Å². The summed E-state index contributed by atoms with van der Waals surface area (Å²) in [6, 6.07) is 32.2. The van der Waals surface area contributed by atoms with Crippen molar-refractivity contribution in [1.82, 2.24) is 0 Å². The van der Waals surface area contributed by atoms with Gasteiger partial charge in [-0.1, -0.05) is 91.0 Å². The summed E-state index contributed by atoms with van der Waals surface area (Å²) in [7, 11) is 0. The fourth-order valence-electron chi connectivity index (χ4n) is 3.22. The minimum absolute atomic E-state index is 0.129. The molecule has 0 fully saturated rings. The predicted octanol–water partition coefficient (Wildman–Crippen LogP) is 6.10. The number of hydrogen-bond acceptors (Lipinski definition) is 4. The molecule has 4 aromatic carbocycles. The van der Waals surface area contributed by atoms with E-state index in [4.69, 9.17) is 4.74 Å². The highest BCUT2D eigenvalue weighted by Crippen LogP contribution is 2.26. The van der Waals surface area contributed by atoms with Gasteiger partial charge in [-0.15, -0.1) is 11.8 Å². The van der Waals surface area contributed by atoms with Crippen molar-refractivity contribution in [1.29, 1.82) is 0 Å². The molecule has 0 aromatic heterocycles. The van der Waals surface area contributed by atoms with Crippen LogP contribution in [0.2, 0.25) is 0 Å². The number of ether oxygens (including phenoxy) is 1. The third-order valence-electron chi connectivity index (χ3n) is 4.73. The Labute approximate surface area is 179 Å². The summed E-state index contributed by atoms with van der Waals surface area (Å²) < 4.78 is 5.65. The lowest BCUT2D eigenvalue weighted by Crippen LogP contribution is -2.21. The zero-order chi connectivity index (χ0) is 20.8. The summed E-state index contributed by atoms with van der Waals surface area (Å²) in [4.78, 5) is 26.6. The molecule has 1 atom stereocenters. The first kappa shape index (κ1) is 19.9. The van der Waals surface area contributed by atoms with E-state index in [0.29, 0.717) is 11.1 Å². The first-order chi connectivity index (χ1) is 14.7. The van der Waals surface area contributed by atoms with Crippen LogP contribution >= 0.6 is 11.8 Å². The molecular formula is C26H20O3S. The molecule has 0 amide bonds. The molecule has 0 N–H and O–H groups in total. The highest BCUT2D eigenvalue weighted by atomic mass is 32.2. The molecule has 4 rings (SSSR count). The number of carbonyl (C=O) groups excluding carboxylic acids is 2. The van der Waals surface area contributed by atoms with Crippen LogP contribution in [0.15, 0.2) is 108 Å². The summed E-state index contributed by atoms with van der Waals surface area (Å²) in [5.74, 6) is -0.527.